The molecule has 0 aromatic heterocycles. The van der Waals surface area contributed by atoms with Gasteiger partial charge in [-0.25, -0.2) is 8.78 Å². The van der Waals surface area contributed by atoms with Crippen LogP contribution in [-0.2, 0) is 0 Å². The van der Waals surface area contributed by atoms with E-state index in [2.05, 4.69) is 0 Å². The molecule has 0 aliphatic carbocycles. The number of hydrogen-bond acceptors (Lipinski definition) is 2. The number of fused-ring (bicyclic) bond motifs is 1. The predicted molar refractivity (Wildman–Crippen MR) is 47.2 cm³/mol. The molecule has 2 rings (SSSR count). The summed E-state index contributed by atoms with van der Waals surface area (Å²) < 4.78 is 38.6. The van der Waals surface area contributed by atoms with Crippen molar-refractivity contribution in [1.29, 1.82) is 0 Å². The molecule has 0 aliphatic heterocycles. The Kier molecular flexibility index (Phi) is 1.96. The predicted octanol–water partition coefficient (Wildman–Crippen LogP) is 2.67. The van der Waals surface area contributed by atoms with Crippen LogP contribution in [0.3, 0.4) is 0 Å². The summed E-state index contributed by atoms with van der Waals surface area (Å²) >= 11 is 0. The topological polar surface area (TPSA) is 40.5 Å². The highest BCUT2D eigenvalue weighted by molar-refractivity contribution is 5.93. The minimum atomic E-state index is -1.42. The maximum absolute atomic E-state index is 12.9. The van der Waals surface area contributed by atoms with E-state index in [-0.39, 0.29) is 10.8 Å². The molecule has 0 radical (unpaired) electrons. The normalized spacial score (nSPS) is 10.9. The third kappa shape index (κ3) is 1.27. The van der Waals surface area contributed by atoms with E-state index in [1.165, 1.54) is 0 Å². The van der Waals surface area contributed by atoms with Crippen LogP contribution in [0.15, 0.2) is 18.2 Å². The zero-order valence-electron chi connectivity index (χ0n) is 7.26. The van der Waals surface area contributed by atoms with Crippen LogP contribution in [0.1, 0.15) is 0 Å². The van der Waals surface area contributed by atoms with Gasteiger partial charge in [0.15, 0.2) is 23.1 Å². The first-order valence-corrected chi connectivity index (χ1v) is 4.00. The molecule has 0 amide bonds. The van der Waals surface area contributed by atoms with Gasteiger partial charge in [0.05, 0.1) is 0 Å². The molecule has 5 heteroatoms. The summed E-state index contributed by atoms with van der Waals surface area (Å²) in [5.74, 6) is -5.50. The molecule has 2 nitrogen and oxygen atoms in total. The standard InChI is InChI=1S/C10H5F3O2/c11-6-2-1-4-5(9(6)14)3-7(12)8(13)10(4)15/h1-3,14-15H. The largest absolute Gasteiger partial charge is 0.504 e. The number of benzene rings is 2. The molecule has 78 valence electrons. The van der Waals surface area contributed by atoms with Crippen molar-refractivity contribution in [2.75, 3.05) is 0 Å². The first-order chi connectivity index (χ1) is 7.02. The molecular weight excluding hydrogens is 209 g/mol. The molecule has 2 aromatic rings. The van der Waals surface area contributed by atoms with Gasteiger partial charge in [0.2, 0.25) is 5.82 Å². The van der Waals surface area contributed by atoms with Gasteiger partial charge < -0.3 is 10.2 Å². The number of phenolic OH excluding ortho intramolecular Hbond substituents is 2. The van der Waals surface area contributed by atoms with E-state index in [0.29, 0.717) is 6.07 Å². The average Bonchev–Trinajstić information content (AvgIpc) is 2.21. The van der Waals surface area contributed by atoms with Gasteiger partial charge in [-0.3, -0.25) is 0 Å². The maximum atomic E-state index is 12.9. The van der Waals surface area contributed by atoms with E-state index in [1.54, 1.807) is 0 Å². The minimum Gasteiger partial charge on any atom is -0.504 e. The Hall–Kier alpha value is -1.91. The smallest absolute Gasteiger partial charge is 0.201 e. The number of hydrogen-bond donors (Lipinski definition) is 2. The Morgan fingerprint density at radius 1 is 0.800 bits per heavy atom. The lowest BCUT2D eigenvalue weighted by Crippen LogP contribution is -1.88. The van der Waals surface area contributed by atoms with Crippen molar-refractivity contribution in [3.8, 4) is 11.5 Å². The minimum absolute atomic E-state index is 0.146. The molecule has 0 fully saturated rings. The quantitative estimate of drug-likeness (QED) is 0.707. The third-order valence-corrected chi connectivity index (χ3v) is 2.11. The van der Waals surface area contributed by atoms with Crippen molar-refractivity contribution >= 4 is 10.8 Å². The summed E-state index contributed by atoms with van der Waals surface area (Å²) in [4.78, 5) is 0. The lowest BCUT2D eigenvalue weighted by atomic mass is 10.1. The molecule has 0 saturated carbocycles. The highest BCUT2D eigenvalue weighted by Gasteiger charge is 2.16. The molecule has 0 unspecified atom stereocenters. The van der Waals surface area contributed by atoms with E-state index in [0.717, 1.165) is 12.1 Å². The van der Waals surface area contributed by atoms with Crippen molar-refractivity contribution in [1.82, 2.24) is 0 Å². The molecular formula is C10H5F3O2. The molecule has 0 atom stereocenters. The second-order valence-electron chi connectivity index (χ2n) is 3.01. The molecule has 0 saturated heterocycles. The van der Waals surface area contributed by atoms with Crippen molar-refractivity contribution in [3.05, 3.63) is 35.7 Å². The van der Waals surface area contributed by atoms with Crippen LogP contribution < -0.4 is 0 Å². The molecule has 0 heterocycles. The van der Waals surface area contributed by atoms with E-state index < -0.39 is 29.0 Å². The fourth-order valence-electron chi connectivity index (χ4n) is 1.36. The Balaban J connectivity index is 2.98. The summed E-state index contributed by atoms with van der Waals surface area (Å²) in [6, 6.07) is 2.54. The zero-order valence-corrected chi connectivity index (χ0v) is 7.26. The fraction of sp³-hybridized carbons (Fsp3) is 0. The van der Waals surface area contributed by atoms with Gasteiger partial charge >= 0.3 is 0 Å². The van der Waals surface area contributed by atoms with Gasteiger partial charge in [0, 0.05) is 10.8 Å². The van der Waals surface area contributed by atoms with Crippen LogP contribution in [0.2, 0.25) is 0 Å². The Bertz CT molecular complexity index is 552. The van der Waals surface area contributed by atoms with Crippen molar-refractivity contribution in [3.63, 3.8) is 0 Å². The maximum Gasteiger partial charge on any atom is 0.201 e. The van der Waals surface area contributed by atoms with Gasteiger partial charge in [-0.15, -0.1) is 0 Å². The van der Waals surface area contributed by atoms with Crippen molar-refractivity contribution in [2.24, 2.45) is 0 Å². The monoisotopic (exact) mass is 214 g/mol. The Labute approximate surface area is 82.2 Å². The van der Waals surface area contributed by atoms with E-state index >= 15 is 0 Å². The Morgan fingerprint density at radius 3 is 2.13 bits per heavy atom. The summed E-state index contributed by atoms with van der Waals surface area (Å²) in [6.07, 6.45) is 0. The highest BCUT2D eigenvalue weighted by atomic mass is 19.2. The summed E-state index contributed by atoms with van der Waals surface area (Å²) in [6.45, 7) is 0. The van der Waals surface area contributed by atoms with E-state index in [9.17, 15) is 23.4 Å². The van der Waals surface area contributed by atoms with Crippen LogP contribution in [0.4, 0.5) is 13.2 Å². The van der Waals surface area contributed by atoms with E-state index in [1.807, 2.05) is 0 Å². The van der Waals surface area contributed by atoms with Gasteiger partial charge in [-0.05, 0) is 18.2 Å². The molecule has 0 bridgehead atoms. The highest BCUT2D eigenvalue weighted by Crippen LogP contribution is 2.35. The van der Waals surface area contributed by atoms with Crippen LogP contribution in [-0.4, -0.2) is 10.2 Å². The second-order valence-corrected chi connectivity index (χ2v) is 3.01. The number of halogens is 3. The van der Waals surface area contributed by atoms with Crippen LogP contribution in [0.25, 0.3) is 10.8 Å². The number of phenols is 2. The van der Waals surface area contributed by atoms with Gasteiger partial charge in [-0.2, -0.15) is 4.39 Å². The molecule has 15 heavy (non-hydrogen) atoms. The summed E-state index contributed by atoms with van der Waals surface area (Å²) in [5, 5.41) is 18.0. The zero-order chi connectivity index (χ0) is 11.2. The molecule has 2 aromatic carbocycles. The first kappa shape index (κ1) is 9.64. The Morgan fingerprint density at radius 2 is 1.47 bits per heavy atom. The lowest BCUT2D eigenvalue weighted by molar-refractivity contribution is 0.410. The molecule has 2 N–H and O–H groups in total. The average molecular weight is 214 g/mol. The van der Waals surface area contributed by atoms with Crippen LogP contribution in [0, 0.1) is 17.5 Å². The number of rotatable bonds is 0. The lowest BCUT2D eigenvalue weighted by Gasteiger charge is -2.05. The fourth-order valence-corrected chi connectivity index (χ4v) is 1.36. The van der Waals surface area contributed by atoms with Crippen LogP contribution >= 0.6 is 0 Å². The number of aromatic hydroxyl groups is 2. The van der Waals surface area contributed by atoms with Crippen molar-refractivity contribution in [2.45, 2.75) is 0 Å². The van der Waals surface area contributed by atoms with Gasteiger partial charge in [0.1, 0.15) is 0 Å². The van der Waals surface area contributed by atoms with Gasteiger partial charge in [0.25, 0.3) is 0 Å². The van der Waals surface area contributed by atoms with Gasteiger partial charge in [-0.1, -0.05) is 0 Å². The third-order valence-electron chi connectivity index (χ3n) is 2.11. The second kappa shape index (κ2) is 3.05. The molecule has 0 aliphatic rings. The SMILES string of the molecule is Oc1c(F)ccc2c(O)c(F)c(F)cc12. The first-order valence-electron chi connectivity index (χ1n) is 4.00. The van der Waals surface area contributed by atoms with Crippen LogP contribution in [0.5, 0.6) is 11.5 Å². The molecule has 0 spiro atoms. The van der Waals surface area contributed by atoms with Crippen molar-refractivity contribution < 1.29 is 23.4 Å². The van der Waals surface area contributed by atoms with E-state index in [4.69, 9.17) is 0 Å². The summed E-state index contributed by atoms with van der Waals surface area (Å²) in [5.41, 5.74) is 0. The summed E-state index contributed by atoms with van der Waals surface area (Å²) in [7, 11) is 0.